The number of benzene rings is 2. The third-order valence-corrected chi connectivity index (χ3v) is 6.26. The summed E-state index contributed by atoms with van der Waals surface area (Å²) in [5, 5.41) is 2.75. The number of halogens is 4. The van der Waals surface area contributed by atoms with Gasteiger partial charge in [-0.25, -0.2) is 4.39 Å². The summed E-state index contributed by atoms with van der Waals surface area (Å²) in [4.78, 5) is 15.5. The molecule has 35 heavy (non-hydrogen) atoms. The predicted octanol–water partition coefficient (Wildman–Crippen LogP) is 5.08. The number of nitrogens with zero attached hydrogens (tertiary/aromatic N) is 2. The molecule has 0 spiro atoms. The van der Waals surface area contributed by atoms with E-state index in [9.17, 15) is 22.4 Å². The number of hydrogen-bond donors (Lipinski definition) is 1. The summed E-state index contributed by atoms with van der Waals surface area (Å²) in [5.74, 6) is -0.805. The number of carbonyl (C=O) groups is 1. The van der Waals surface area contributed by atoms with Gasteiger partial charge in [-0.3, -0.25) is 4.79 Å². The maximum absolute atomic E-state index is 14.5. The Labute approximate surface area is 201 Å². The van der Waals surface area contributed by atoms with E-state index in [1.54, 1.807) is 22.8 Å². The van der Waals surface area contributed by atoms with E-state index < -0.39 is 17.6 Å². The van der Waals surface area contributed by atoms with Crippen LogP contribution in [0.4, 0.5) is 23.2 Å². The third kappa shape index (κ3) is 5.35. The van der Waals surface area contributed by atoms with Crippen LogP contribution in [0.15, 0.2) is 48.5 Å². The van der Waals surface area contributed by atoms with Gasteiger partial charge in [0.05, 0.1) is 31.0 Å². The van der Waals surface area contributed by atoms with Crippen LogP contribution in [0.5, 0.6) is 0 Å². The van der Waals surface area contributed by atoms with Crippen LogP contribution >= 0.6 is 0 Å². The fourth-order valence-electron chi connectivity index (χ4n) is 4.55. The molecule has 1 aliphatic rings. The lowest BCUT2D eigenvalue weighted by molar-refractivity contribution is -0.137. The summed E-state index contributed by atoms with van der Waals surface area (Å²) >= 11 is 0. The average Bonchev–Trinajstić information content (AvgIpc) is 3.08. The van der Waals surface area contributed by atoms with Crippen LogP contribution in [0.3, 0.4) is 0 Å². The minimum absolute atomic E-state index is 0.0704. The van der Waals surface area contributed by atoms with Gasteiger partial charge in [0.2, 0.25) is 0 Å². The molecule has 3 aromatic rings. The highest BCUT2D eigenvalue weighted by molar-refractivity contribution is 5.96. The van der Waals surface area contributed by atoms with Crippen molar-refractivity contribution in [3.8, 4) is 0 Å². The molecule has 186 valence electrons. The van der Waals surface area contributed by atoms with Crippen LogP contribution in [0.2, 0.25) is 0 Å². The molecule has 2 heterocycles. The number of ether oxygens (including phenoxy) is 1. The van der Waals surface area contributed by atoms with Gasteiger partial charge < -0.3 is 19.5 Å². The van der Waals surface area contributed by atoms with Crippen LogP contribution in [0, 0.1) is 19.7 Å². The number of alkyl halides is 3. The number of hydrogen-bond acceptors (Lipinski definition) is 3. The monoisotopic (exact) mass is 489 g/mol. The molecule has 0 saturated carbocycles. The molecule has 0 unspecified atom stereocenters. The number of nitrogens with one attached hydrogen (secondary N) is 1. The van der Waals surface area contributed by atoms with Crippen molar-refractivity contribution < 1.29 is 27.1 Å². The van der Waals surface area contributed by atoms with Crippen molar-refractivity contribution in [1.29, 1.82) is 0 Å². The standard InChI is InChI=1S/C26H27F4N3O2/c1-17-23(32-10-12-35-13-11-32)18(2)33(16-20-7-3-4-9-22(20)27)24(17)25(34)31-15-19-6-5-8-21(14-19)26(28,29)30/h3-9,14H,10-13,15-16H2,1-2H3,(H,31,34). The van der Waals surface area contributed by atoms with Gasteiger partial charge in [0.25, 0.3) is 5.91 Å². The summed E-state index contributed by atoms with van der Waals surface area (Å²) in [6, 6.07) is 11.3. The van der Waals surface area contributed by atoms with Crippen molar-refractivity contribution in [3.05, 3.63) is 88.0 Å². The van der Waals surface area contributed by atoms with E-state index in [2.05, 4.69) is 10.2 Å². The van der Waals surface area contributed by atoms with Crippen LogP contribution < -0.4 is 10.2 Å². The Bertz CT molecular complexity index is 1210. The zero-order valence-corrected chi connectivity index (χ0v) is 19.6. The molecule has 5 nitrogen and oxygen atoms in total. The first-order chi connectivity index (χ1) is 16.7. The second kappa shape index (κ2) is 10.1. The Morgan fingerprint density at radius 3 is 2.46 bits per heavy atom. The number of amides is 1. The van der Waals surface area contributed by atoms with Crippen LogP contribution in [0.25, 0.3) is 0 Å². The van der Waals surface area contributed by atoms with Gasteiger partial charge in [0.1, 0.15) is 11.5 Å². The molecule has 4 rings (SSSR count). The molecule has 1 aromatic heterocycles. The van der Waals surface area contributed by atoms with Crippen molar-refractivity contribution in [2.75, 3.05) is 31.2 Å². The molecule has 0 radical (unpaired) electrons. The fourth-order valence-corrected chi connectivity index (χ4v) is 4.55. The molecule has 1 aliphatic heterocycles. The first-order valence-corrected chi connectivity index (χ1v) is 11.4. The molecule has 1 saturated heterocycles. The summed E-state index contributed by atoms with van der Waals surface area (Å²) in [6.07, 6.45) is -4.46. The highest BCUT2D eigenvalue weighted by Crippen LogP contribution is 2.33. The average molecular weight is 490 g/mol. The van der Waals surface area contributed by atoms with Gasteiger partial charge in [-0.05, 0) is 37.6 Å². The molecular formula is C26H27F4N3O2. The molecular weight excluding hydrogens is 462 g/mol. The van der Waals surface area contributed by atoms with Gasteiger partial charge in [0, 0.05) is 36.5 Å². The third-order valence-electron chi connectivity index (χ3n) is 6.26. The van der Waals surface area contributed by atoms with Gasteiger partial charge in [-0.1, -0.05) is 30.3 Å². The Morgan fingerprint density at radius 1 is 1.06 bits per heavy atom. The zero-order valence-electron chi connectivity index (χ0n) is 19.6. The van der Waals surface area contributed by atoms with Crippen LogP contribution in [-0.2, 0) is 24.0 Å². The molecule has 1 amide bonds. The highest BCUT2D eigenvalue weighted by atomic mass is 19.4. The molecule has 9 heteroatoms. The Balaban J connectivity index is 1.67. The van der Waals surface area contributed by atoms with E-state index in [4.69, 9.17) is 4.74 Å². The number of anilines is 1. The maximum atomic E-state index is 14.5. The van der Waals surface area contributed by atoms with Crippen molar-refractivity contribution in [1.82, 2.24) is 9.88 Å². The van der Waals surface area contributed by atoms with E-state index in [1.807, 2.05) is 13.8 Å². The molecule has 0 aliphatic carbocycles. The number of carbonyl (C=O) groups excluding carboxylic acids is 1. The van der Waals surface area contributed by atoms with E-state index >= 15 is 0 Å². The smallest absolute Gasteiger partial charge is 0.378 e. The molecule has 1 fully saturated rings. The van der Waals surface area contributed by atoms with Gasteiger partial charge in [-0.2, -0.15) is 13.2 Å². The highest BCUT2D eigenvalue weighted by Gasteiger charge is 2.31. The first-order valence-electron chi connectivity index (χ1n) is 11.4. The van der Waals surface area contributed by atoms with Gasteiger partial charge in [0.15, 0.2) is 0 Å². The van der Waals surface area contributed by atoms with E-state index in [0.717, 1.165) is 29.1 Å². The van der Waals surface area contributed by atoms with Crippen molar-refractivity contribution in [3.63, 3.8) is 0 Å². The Kier molecular flexibility index (Phi) is 7.16. The van der Waals surface area contributed by atoms with Crippen molar-refractivity contribution in [2.45, 2.75) is 33.1 Å². The van der Waals surface area contributed by atoms with E-state index in [0.29, 0.717) is 43.1 Å². The zero-order chi connectivity index (χ0) is 25.2. The lowest BCUT2D eigenvalue weighted by Gasteiger charge is -2.29. The van der Waals surface area contributed by atoms with Gasteiger partial charge >= 0.3 is 6.18 Å². The largest absolute Gasteiger partial charge is 0.416 e. The second-order valence-electron chi connectivity index (χ2n) is 8.57. The van der Waals surface area contributed by atoms with E-state index in [1.165, 1.54) is 18.2 Å². The Hall–Kier alpha value is -3.33. The normalized spacial score (nSPS) is 14.3. The fraction of sp³-hybridized carbons (Fsp3) is 0.346. The quantitative estimate of drug-likeness (QED) is 0.492. The first kappa shape index (κ1) is 24.8. The SMILES string of the molecule is Cc1c(N2CCOCC2)c(C)n(Cc2ccccc2F)c1C(=O)NCc1cccc(C(F)(F)F)c1. The summed E-state index contributed by atoms with van der Waals surface area (Å²) < 4.78 is 60.9. The topological polar surface area (TPSA) is 46.5 Å². The minimum atomic E-state index is -4.46. The molecule has 0 atom stereocenters. The molecule has 1 N–H and O–H groups in total. The lowest BCUT2D eigenvalue weighted by Crippen LogP contribution is -2.36. The summed E-state index contributed by atoms with van der Waals surface area (Å²) in [5.41, 5.74) is 2.82. The predicted molar refractivity (Wildman–Crippen MR) is 125 cm³/mol. The number of aromatic nitrogens is 1. The van der Waals surface area contributed by atoms with E-state index in [-0.39, 0.29) is 18.9 Å². The van der Waals surface area contributed by atoms with Crippen LogP contribution in [-0.4, -0.2) is 36.8 Å². The van der Waals surface area contributed by atoms with Crippen molar-refractivity contribution >= 4 is 11.6 Å². The molecule has 2 aromatic carbocycles. The lowest BCUT2D eigenvalue weighted by atomic mass is 10.1. The number of morpholine rings is 1. The second-order valence-corrected chi connectivity index (χ2v) is 8.57. The minimum Gasteiger partial charge on any atom is -0.378 e. The van der Waals surface area contributed by atoms with Crippen molar-refractivity contribution in [2.24, 2.45) is 0 Å². The molecule has 0 bridgehead atoms. The Morgan fingerprint density at radius 2 is 1.77 bits per heavy atom. The maximum Gasteiger partial charge on any atom is 0.416 e. The number of rotatable bonds is 6. The van der Waals surface area contributed by atoms with Gasteiger partial charge in [-0.15, -0.1) is 0 Å². The van der Waals surface area contributed by atoms with Crippen LogP contribution in [0.1, 0.15) is 38.4 Å². The summed E-state index contributed by atoms with van der Waals surface area (Å²) in [6.45, 7) is 6.27. The summed E-state index contributed by atoms with van der Waals surface area (Å²) in [7, 11) is 0.